The van der Waals surface area contributed by atoms with Crippen LogP contribution in [0.4, 0.5) is 5.95 Å². The molecule has 1 amide bonds. The number of fused-ring (bicyclic) bond motifs is 2. The molecular weight excluding hydrogens is 444 g/mol. The molecular formula is C27H26N4O2S. The number of anilines is 1. The van der Waals surface area contributed by atoms with Gasteiger partial charge in [-0.3, -0.25) is 14.6 Å². The van der Waals surface area contributed by atoms with Crippen molar-refractivity contribution in [3.05, 3.63) is 81.5 Å². The lowest BCUT2D eigenvalue weighted by Crippen LogP contribution is -2.44. The summed E-state index contributed by atoms with van der Waals surface area (Å²) in [5.41, 5.74) is 5.19. The number of hydrogen-bond donors (Lipinski definition) is 2. The van der Waals surface area contributed by atoms with Gasteiger partial charge in [0.25, 0.3) is 5.56 Å². The lowest BCUT2D eigenvalue weighted by Gasteiger charge is -2.33. The molecule has 2 N–H and O–H groups in total. The van der Waals surface area contributed by atoms with E-state index in [4.69, 9.17) is 4.98 Å². The van der Waals surface area contributed by atoms with Gasteiger partial charge in [0, 0.05) is 24.0 Å². The molecule has 1 aliphatic carbocycles. The number of aryl methyl sites for hydroxylation is 1. The Bertz CT molecular complexity index is 1410. The lowest BCUT2D eigenvalue weighted by atomic mass is 9.96. The first-order valence-electron chi connectivity index (χ1n) is 11.9. The summed E-state index contributed by atoms with van der Waals surface area (Å²) in [5, 5.41) is 5.29. The van der Waals surface area contributed by atoms with Crippen LogP contribution in [0.1, 0.15) is 36.4 Å². The van der Waals surface area contributed by atoms with Gasteiger partial charge in [0.2, 0.25) is 11.9 Å². The number of carbonyl (C=O) groups excluding carboxylic acids is 1. The molecule has 2 aromatic heterocycles. The van der Waals surface area contributed by atoms with Gasteiger partial charge in [0.1, 0.15) is 4.70 Å². The zero-order valence-electron chi connectivity index (χ0n) is 18.8. The van der Waals surface area contributed by atoms with Gasteiger partial charge in [-0.05, 0) is 42.4 Å². The summed E-state index contributed by atoms with van der Waals surface area (Å²) in [6.07, 6.45) is 3.69. The maximum atomic E-state index is 13.2. The minimum Gasteiger partial charge on any atom is -0.349 e. The number of aromatic nitrogens is 2. The molecule has 4 aromatic rings. The van der Waals surface area contributed by atoms with Crippen LogP contribution in [-0.2, 0) is 11.2 Å². The Hall–Kier alpha value is -3.45. The number of carbonyl (C=O) groups is 1. The number of amides is 1. The summed E-state index contributed by atoms with van der Waals surface area (Å²) in [4.78, 5) is 35.9. The first-order valence-corrected chi connectivity index (χ1v) is 12.8. The number of rotatable bonds is 4. The number of nitrogens with one attached hydrogen (secondary N) is 2. The fourth-order valence-electron chi connectivity index (χ4n) is 5.27. The Balaban J connectivity index is 1.24. The van der Waals surface area contributed by atoms with E-state index in [1.807, 2.05) is 41.8 Å². The molecule has 1 aliphatic heterocycles. The molecule has 0 unspecified atom stereocenters. The standard InChI is InChI=1S/C27H26N4O2S/c32-25(28-22-13-12-18-9-4-5-11-20(18)22)19-10-6-14-31(15-19)27-29-23-21(17-7-2-1-3-8-17)16-34-24(23)26(33)30-27/h1-5,7-9,11,16,19,22H,6,10,12-15H2,(H,28,32)(H,29,30,33)/t19-,22+/m1/s1. The maximum absolute atomic E-state index is 13.2. The number of hydrogen-bond acceptors (Lipinski definition) is 5. The molecule has 7 heteroatoms. The van der Waals surface area contributed by atoms with Gasteiger partial charge < -0.3 is 10.2 Å². The van der Waals surface area contributed by atoms with Crippen molar-refractivity contribution in [2.45, 2.75) is 31.7 Å². The highest BCUT2D eigenvalue weighted by molar-refractivity contribution is 7.17. The summed E-state index contributed by atoms with van der Waals surface area (Å²) in [5.74, 6) is 0.519. The van der Waals surface area contributed by atoms with Crippen molar-refractivity contribution >= 4 is 33.4 Å². The highest BCUT2D eigenvalue weighted by Crippen LogP contribution is 2.33. The quantitative estimate of drug-likeness (QED) is 0.454. The average molecular weight is 471 g/mol. The summed E-state index contributed by atoms with van der Waals surface area (Å²) < 4.78 is 0.633. The molecule has 6 nitrogen and oxygen atoms in total. The first-order chi connectivity index (χ1) is 16.7. The van der Waals surface area contributed by atoms with Crippen LogP contribution < -0.4 is 15.8 Å². The molecule has 0 spiro atoms. The van der Waals surface area contributed by atoms with Crippen molar-refractivity contribution in [3.63, 3.8) is 0 Å². The Kier molecular flexibility index (Phi) is 5.41. The van der Waals surface area contributed by atoms with E-state index < -0.39 is 0 Å². The smallest absolute Gasteiger partial charge is 0.270 e. The van der Waals surface area contributed by atoms with E-state index in [2.05, 4.69) is 33.4 Å². The number of benzene rings is 2. The van der Waals surface area contributed by atoms with Crippen LogP contribution in [0.25, 0.3) is 21.3 Å². The Labute approximate surface area is 201 Å². The summed E-state index contributed by atoms with van der Waals surface area (Å²) >= 11 is 1.42. The zero-order chi connectivity index (χ0) is 23.1. The van der Waals surface area contributed by atoms with E-state index in [0.29, 0.717) is 17.2 Å². The van der Waals surface area contributed by atoms with Crippen molar-refractivity contribution in [1.29, 1.82) is 0 Å². The van der Waals surface area contributed by atoms with E-state index in [1.165, 1.54) is 22.5 Å². The monoisotopic (exact) mass is 470 g/mol. The van der Waals surface area contributed by atoms with Gasteiger partial charge in [-0.15, -0.1) is 11.3 Å². The summed E-state index contributed by atoms with van der Waals surface area (Å²) in [7, 11) is 0. The first kappa shape index (κ1) is 21.1. The predicted molar refractivity (Wildman–Crippen MR) is 136 cm³/mol. The van der Waals surface area contributed by atoms with Crippen LogP contribution in [0.2, 0.25) is 0 Å². The van der Waals surface area contributed by atoms with Gasteiger partial charge >= 0.3 is 0 Å². The van der Waals surface area contributed by atoms with Crippen LogP contribution in [0.5, 0.6) is 0 Å². The molecule has 1 saturated heterocycles. The van der Waals surface area contributed by atoms with Crippen molar-refractivity contribution < 1.29 is 4.79 Å². The van der Waals surface area contributed by atoms with Crippen LogP contribution >= 0.6 is 11.3 Å². The topological polar surface area (TPSA) is 78.1 Å². The fraction of sp³-hybridized carbons (Fsp3) is 0.296. The van der Waals surface area contributed by atoms with E-state index in [-0.39, 0.29) is 23.4 Å². The van der Waals surface area contributed by atoms with Crippen molar-refractivity contribution in [1.82, 2.24) is 15.3 Å². The van der Waals surface area contributed by atoms with Crippen LogP contribution in [0, 0.1) is 5.92 Å². The molecule has 6 rings (SSSR count). The molecule has 2 aromatic carbocycles. The largest absolute Gasteiger partial charge is 0.349 e. The lowest BCUT2D eigenvalue weighted by molar-refractivity contribution is -0.126. The molecule has 0 saturated carbocycles. The van der Waals surface area contributed by atoms with Gasteiger partial charge in [0.05, 0.1) is 17.5 Å². The Morgan fingerprint density at radius 2 is 1.91 bits per heavy atom. The fourth-order valence-corrected chi connectivity index (χ4v) is 6.18. The normalized spacial score (nSPS) is 19.8. The molecule has 2 atom stereocenters. The summed E-state index contributed by atoms with van der Waals surface area (Å²) in [6.45, 7) is 1.33. The molecule has 34 heavy (non-hydrogen) atoms. The SMILES string of the molecule is O=C(N[C@H]1CCc2ccccc21)[C@@H]1CCCN(c2nc3c(-c4ccccc4)csc3c(=O)[nH]2)C1. The highest BCUT2D eigenvalue weighted by atomic mass is 32.1. The minimum absolute atomic E-state index is 0.0904. The third-order valence-electron chi connectivity index (χ3n) is 7.04. The molecule has 172 valence electrons. The van der Waals surface area contributed by atoms with Crippen molar-refractivity contribution in [2.24, 2.45) is 5.92 Å². The highest BCUT2D eigenvalue weighted by Gasteiger charge is 2.31. The summed E-state index contributed by atoms with van der Waals surface area (Å²) in [6, 6.07) is 18.5. The Morgan fingerprint density at radius 3 is 2.79 bits per heavy atom. The average Bonchev–Trinajstić information content (AvgIpc) is 3.49. The number of aromatic amines is 1. The van der Waals surface area contributed by atoms with E-state index in [9.17, 15) is 9.59 Å². The van der Waals surface area contributed by atoms with Crippen molar-refractivity contribution in [2.75, 3.05) is 18.0 Å². The van der Waals surface area contributed by atoms with E-state index in [0.717, 1.165) is 48.9 Å². The predicted octanol–water partition coefficient (Wildman–Crippen LogP) is 4.67. The second-order valence-corrected chi connectivity index (χ2v) is 10.0. The molecule has 0 bridgehead atoms. The number of nitrogens with zero attached hydrogens (tertiary/aromatic N) is 2. The van der Waals surface area contributed by atoms with Crippen LogP contribution in [0.15, 0.2) is 64.8 Å². The van der Waals surface area contributed by atoms with Gasteiger partial charge in [0.15, 0.2) is 0 Å². The number of piperidine rings is 1. The second kappa shape index (κ2) is 8.72. The van der Waals surface area contributed by atoms with E-state index >= 15 is 0 Å². The third kappa shape index (κ3) is 3.80. The van der Waals surface area contributed by atoms with E-state index in [1.54, 1.807) is 0 Å². The molecule has 3 heterocycles. The third-order valence-corrected chi connectivity index (χ3v) is 8.01. The van der Waals surface area contributed by atoms with Gasteiger partial charge in [-0.2, -0.15) is 0 Å². The molecule has 2 aliphatic rings. The molecule has 1 fully saturated rings. The number of thiophene rings is 1. The van der Waals surface area contributed by atoms with Gasteiger partial charge in [-0.25, -0.2) is 4.98 Å². The Morgan fingerprint density at radius 1 is 1.09 bits per heavy atom. The van der Waals surface area contributed by atoms with Crippen LogP contribution in [-0.4, -0.2) is 29.0 Å². The second-order valence-electron chi connectivity index (χ2n) is 9.17. The minimum atomic E-state index is -0.126. The zero-order valence-corrected chi connectivity index (χ0v) is 19.6. The maximum Gasteiger partial charge on any atom is 0.270 e. The van der Waals surface area contributed by atoms with Gasteiger partial charge in [-0.1, -0.05) is 54.6 Å². The molecule has 0 radical (unpaired) electrons. The van der Waals surface area contributed by atoms with Crippen molar-refractivity contribution in [3.8, 4) is 11.1 Å². The van der Waals surface area contributed by atoms with Crippen LogP contribution in [0.3, 0.4) is 0 Å². The number of H-pyrrole nitrogens is 1.